The lowest BCUT2D eigenvalue weighted by Crippen LogP contribution is -2.35. The number of likely N-dealkylation sites (N-methyl/N-ethyl adjacent to an activating group) is 2. The predicted octanol–water partition coefficient (Wildman–Crippen LogP) is 2.01. The molecule has 112 valence electrons. The van der Waals surface area contributed by atoms with Gasteiger partial charge in [-0.15, -0.1) is 0 Å². The molecule has 1 aromatic rings. The van der Waals surface area contributed by atoms with Crippen LogP contribution in [0.5, 0.6) is 0 Å². The highest BCUT2D eigenvalue weighted by molar-refractivity contribution is 6.40. The van der Waals surface area contributed by atoms with E-state index < -0.39 is 0 Å². The monoisotopic (exact) mass is 318 g/mol. The fraction of sp³-hybridized carbons (Fsp3) is 0.462. The number of nitrogens with one attached hydrogen (secondary N) is 1. The molecule has 0 bridgehead atoms. The molecule has 1 rings (SSSR count). The van der Waals surface area contributed by atoms with Gasteiger partial charge < -0.3 is 16.0 Å². The van der Waals surface area contributed by atoms with E-state index in [4.69, 9.17) is 28.9 Å². The average Bonchev–Trinajstić information content (AvgIpc) is 2.31. The topological polar surface area (TPSA) is 61.6 Å². The molecule has 0 aliphatic heterocycles. The standard InChI is InChI=1S/C13H20Cl2N4O/c1-18(2)4-5-19(3)8-12(20)17-13-10(14)6-9(16)7-11(13)15/h6-7H,4-5,8,16H2,1-3H3,(H,17,20). The van der Waals surface area contributed by atoms with Crippen molar-refractivity contribution in [3.8, 4) is 0 Å². The van der Waals surface area contributed by atoms with E-state index in [-0.39, 0.29) is 12.5 Å². The van der Waals surface area contributed by atoms with Gasteiger partial charge in [-0.3, -0.25) is 9.69 Å². The fourth-order valence-corrected chi connectivity index (χ4v) is 2.18. The summed E-state index contributed by atoms with van der Waals surface area (Å²) in [6.07, 6.45) is 0. The quantitative estimate of drug-likeness (QED) is 0.788. The minimum absolute atomic E-state index is 0.167. The van der Waals surface area contributed by atoms with E-state index >= 15 is 0 Å². The first-order valence-electron chi connectivity index (χ1n) is 6.17. The zero-order valence-corrected chi connectivity index (χ0v) is 13.4. The van der Waals surface area contributed by atoms with Crippen LogP contribution in [0.1, 0.15) is 0 Å². The number of anilines is 2. The van der Waals surface area contributed by atoms with E-state index in [1.165, 1.54) is 0 Å². The van der Waals surface area contributed by atoms with E-state index in [0.29, 0.717) is 21.4 Å². The Hall–Kier alpha value is -1.01. The van der Waals surface area contributed by atoms with Crippen LogP contribution in [0, 0.1) is 0 Å². The van der Waals surface area contributed by atoms with Crippen molar-refractivity contribution in [2.24, 2.45) is 0 Å². The Balaban J connectivity index is 2.59. The van der Waals surface area contributed by atoms with Crippen LogP contribution in [0.15, 0.2) is 12.1 Å². The van der Waals surface area contributed by atoms with E-state index in [0.717, 1.165) is 13.1 Å². The average molecular weight is 319 g/mol. The van der Waals surface area contributed by atoms with Gasteiger partial charge in [0, 0.05) is 18.8 Å². The Labute approximate surface area is 129 Å². The zero-order valence-electron chi connectivity index (χ0n) is 11.9. The Bertz CT molecular complexity index is 456. The van der Waals surface area contributed by atoms with E-state index in [2.05, 4.69) is 10.2 Å². The minimum Gasteiger partial charge on any atom is -0.399 e. The molecule has 0 radical (unpaired) electrons. The summed E-state index contributed by atoms with van der Waals surface area (Å²) in [4.78, 5) is 15.9. The van der Waals surface area contributed by atoms with Gasteiger partial charge in [0.25, 0.3) is 0 Å². The molecule has 1 amide bonds. The first kappa shape index (κ1) is 17.0. The van der Waals surface area contributed by atoms with Crippen molar-refractivity contribution in [3.05, 3.63) is 22.2 Å². The Morgan fingerprint density at radius 1 is 1.20 bits per heavy atom. The molecule has 0 heterocycles. The molecule has 0 fully saturated rings. The van der Waals surface area contributed by atoms with Crippen LogP contribution in [-0.2, 0) is 4.79 Å². The minimum atomic E-state index is -0.167. The maximum Gasteiger partial charge on any atom is 0.238 e. The summed E-state index contributed by atoms with van der Waals surface area (Å²) in [5.74, 6) is -0.167. The molecule has 7 heteroatoms. The lowest BCUT2D eigenvalue weighted by molar-refractivity contribution is -0.117. The zero-order chi connectivity index (χ0) is 15.3. The van der Waals surface area contributed by atoms with Crippen LogP contribution in [-0.4, -0.2) is 56.5 Å². The summed E-state index contributed by atoms with van der Waals surface area (Å²) in [6, 6.07) is 3.11. The second-order valence-corrected chi connectivity index (χ2v) is 5.76. The molecular weight excluding hydrogens is 299 g/mol. The van der Waals surface area contributed by atoms with Gasteiger partial charge in [0.05, 0.1) is 22.3 Å². The van der Waals surface area contributed by atoms with Crippen molar-refractivity contribution in [2.45, 2.75) is 0 Å². The molecule has 0 saturated heterocycles. The molecule has 1 aromatic carbocycles. The first-order chi connectivity index (χ1) is 9.29. The molecule has 0 atom stereocenters. The highest BCUT2D eigenvalue weighted by atomic mass is 35.5. The van der Waals surface area contributed by atoms with Gasteiger partial charge in [-0.2, -0.15) is 0 Å². The smallest absolute Gasteiger partial charge is 0.238 e. The summed E-state index contributed by atoms with van der Waals surface area (Å²) >= 11 is 12.0. The normalized spacial score (nSPS) is 11.2. The van der Waals surface area contributed by atoms with Gasteiger partial charge in [-0.05, 0) is 33.3 Å². The van der Waals surface area contributed by atoms with Crippen LogP contribution >= 0.6 is 23.2 Å². The van der Waals surface area contributed by atoms with E-state index in [1.807, 2.05) is 26.0 Å². The number of carbonyl (C=O) groups is 1. The van der Waals surface area contributed by atoms with Crippen LogP contribution in [0.4, 0.5) is 11.4 Å². The maximum absolute atomic E-state index is 11.9. The first-order valence-corrected chi connectivity index (χ1v) is 6.93. The fourth-order valence-electron chi connectivity index (χ4n) is 1.59. The summed E-state index contributed by atoms with van der Waals surface area (Å²) in [5.41, 5.74) is 6.47. The predicted molar refractivity (Wildman–Crippen MR) is 85.6 cm³/mol. The molecule has 0 saturated carbocycles. The highest BCUT2D eigenvalue weighted by Crippen LogP contribution is 2.32. The van der Waals surface area contributed by atoms with Crippen LogP contribution in [0.3, 0.4) is 0 Å². The number of carbonyl (C=O) groups excluding carboxylic acids is 1. The molecule has 0 aliphatic carbocycles. The number of rotatable bonds is 6. The number of benzene rings is 1. The lowest BCUT2D eigenvalue weighted by Gasteiger charge is -2.19. The Morgan fingerprint density at radius 2 is 1.75 bits per heavy atom. The van der Waals surface area contributed by atoms with E-state index in [9.17, 15) is 4.79 Å². The highest BCUT2D eigenvalue weighted by Gasteiger charge is 2.12. The Kier molecular flexibility index (Phi) is 6.55. The number of hydrogen-bond acceptors (Lipinski definition) is 4. The number of amides is 1. The number of nitrogens with zero attached hydrogens (tertiary/aromatic N) is 2. The third-order valence-corrected chi connectivity index (χ3v) is 3.27. The lowest BCUT2D eigenvalue weighted by atomic mass is 10.2. The third-order valence-electron chi connectivity index (χ3n) is 2.67. The molecule has 5 nitrogen and oxygen atoms in total. The van der Waals surface area contributed by atoms with Gasteiger partial charge in [-0.1, -0.05) is 23.2 Å². The van der Waals surface area contributed by atoms with Crippen molar-refractivity contribution in [3.63, 3.8) is 0 Å². The second kappa shape index (κ2) is 7.69. The van der Waals surface area contributed by atoms with Crippen molar-refractivity contribution < 1.29 is 4.79 Å². The molecule has 0 aliphatic rings. The third kappa shape index (κ3) is 5.54. The summed E-state index contributed by atoms with van der Waals surface area (Å²) in [5, 5.41) is 3.38. The molecule has 0 spiro atoms. The van der Waals surface area contributed by atoms with E-state index in [1.54, 1.807) is 12.1 Å². The summed E-state index contributed by atoms with van der Waals surface area (Å²) < 4.78 is 0. The van der Waals surface area contributed by atoms with Gasteiger partial charge in [0.1, 0.15) is 0 Å². The van der Waals surface area contributed by atoms with Gasteiger partial charge in [0.15, 0.2) is 0 Å². The number of nitrogens with two attached hydrogens (primary N) is 1. The largest absolute Gasteiger partial charge is 0.399 e. The van der Waals surface area contributed by atoms with Crippen molar-refractivity contribution in [1.29, 1.82) is 0 Å². The Morgan fingerprint density at radius 3 is 2.25 bits per heavy atom. The molecule has 0 unspecified atom stereocenters. The summed E-state index contributed by atoms with van der Waals surface area (Å²) in [6.45, 7) is 1.95. The van der Waals surface area contributed by atoms with Gasteiger partial charge in [-0.25, -0.2) is 0 Å². The maximum atomic E-state index is 11.9. The van der Waals surface area contributed by atoms with Crippen LogP contribution in [0.25, 0.3) is 0 Å². The SMILES string of the molecule is CN(C)CCN(C)CC(=O)Nc1c(Cl)cc(N)cc1Cl. The molecule has 20 heavy (non-hydrogen) atoms. The van der Waals surface area contributed by atoms with Crippen molar-refractivity contribution in [1.82, 2.24) is 9.80 Å². The van der Waals surface area contributed by atoms with Gasteiger partial charge >= 0.3 is 0 Å². The molecular formula is C13H20Cl2N4O. The second-order valence-electron chi connectivity index (χ2n) is 4.95. The number of nitrogen functional groups attached to an aromatic ring is 1. The van der Waals surface area contributed by atoms with Crippen LogP contribution in [0.2, 0.25) is 10.0 Å². The van der Waals surface area contributed by atoms with Crippen molar-refractivity contribution in [2.75, 3.05) is 51.8 Å². The van der Waals surface area contributed by atoms with Crippen LogP contribution < -0.4 is 11.1 Å². The van der Waals surface area contributed by atoms with Gasteiger partial charge in [0.2, 0.25) is 5.91 Å². The molecule has 0 aromatic heterocycles. The number of halogens is 2. The summed E-state index contributed by atoms with van der Waals surface area (Å²) in [7, 11) is 5.86. The van der Waals surface area contributed by atoms with Crippen molar-refractivity contribution >= 4 is 40.5 Å². The number of hydrogen-bond donors (Lipinski definition) is 2. The molecule has 3 N–H and O–H groups in total.